The fourth-order valence-electron chi connectivity index (χ4n) is 3.48. The number of carbonyl (C=O) groups is 1. The Kier molecular flexibility index (Phi) is 7.75. The lowest BCUT2D eigenvalue weighted by atomic mass is 9.86. The van der Waals surface area contributed by atoms with E-state index in [1.54, 1.807) is 45.1 Å². The molecule has 0 aromatic heterocycles. The first-order chi connectivity index (χ1) is 14.4. The molecule has 1 aliphatic heterocycles. The number of nitrogens with one attached hydrogen (secondary N) is 1. The first-order valence-electron chi connectivity index (χ1n) is 10.0. The smallest absolute Gasteiger partial charge is 0.317 e. The summed E-state index contributed by atoms with van der Waals surface area (Å²) < 4.78 is 25.6. The Morgan fingerprint density at radius 3 is 2.47 bits per heavy atom. The number of benzene rings is 2. The van der Waals surface area contributed by atoms with E-state index >= 15 is 0 Å². The van der Waals surface area contributed by atoms with E-state index in [1.807, 2.05) is 30.3 Å². The van der Waals surface area contributed by atoms with Crippen LogP contribution in [0.1, 0.15) is 29.5 Å². The van der Waals surface area contributed by atoms with E-state index in [0.29, 0.717) is 19.8 Å². The Morgan fingerprint density at radius 1 is 1.17 bits per heavy atom. The number of hydrogen-bond acceptors (Lipinski definition) is 4. The minimum atomic E-state index is -0.478. The van der Waals surface area contributed by atoms with Crippen LogP contribution in [0, 0.1) is 5.82 Å². The Balaban J connectivity index is 1.63. The van der Waals surface area contributed by atoms with Crippen molar-refractivity contribution in [3.8, 4) is 0 Å². The molecular weight excluding hydrogens is 403 g/mol. The average molecular weight is 433 g/mol. The minimum absolute atomic E-state index is 0.116. The third kappa shape index (κ3) is 5.74. The molecule has 2 aromatic rings. The zero-order valence-electron chi connectivity index (χ0n) is 17.7. The van der Waals surface area contributed by atoms with Crippen LogP contribution in [0.3, 0.4) is 0 Å². The maximum absolute atomic E-state index is 14.3. The number of urea groups is 1. The number of nitrogens with zero attached hydrogens (tertiary/aromatic N) is 1. The van der Waals surface area contributed by atoms with Crippen molar-refractivity contribution in [1.82, 2.24) is 10.2 Å². The molecule has 1 fully saturated rings. The molecule has 2 aromatic carbocycles. The molecule has 1 saturated heterocycles. The lowest BCUT2D eigenvalue weighted by Gasteiger charge is -2.36. The summed E-state index contributed by atoms with van der Waals surface area (Å²) >= 11 is 1.60. The molecule has 2 amide bonds. The summed E-state index contributed by atoms with van der Waals surface area (Å²) in [4.78, 5) is 14.0. The molecule has 30 heavy (non-hydrogen) atoms. The second-order valence-electron chi connectivity index (χ2n) is 7.64. The average Bonchev–Trinajstić information content (AvgIpc) is 2.76. The first-order valence-corrected chi connectivity index (χ1v) is 11.0. The molecule has 0 unspecified atom stereocenters. The summed E-state index contributed by atoms with van der Waals surface area (Å²) in [5, 5.41) is 2.85. The standard InChI is InChI=1S/C23H29FN2O3S/c1-26(2)22(27)25-15-17-4-6-18(7-5-17)16-30-21-13-19(12-20(24)14-21)23(28-3)8-10-29-11-9-23/h4-7,12-14H,8-11,15-16H2,1-3H3,(H,25,27). The van der Waals surface area contributed by atoms with Crippen LogP contribution in [-0.2, 0) is 27.4 Å². The second-order valence-corrected chi connectivity index (χ2v) is 8.69. The van der Waals surface area contributed by atoms with Gasteiger partial charge in [0, 0.05) is 64.5 Å². The monoisotopic (exact) mass is 432 g/mol. The van der Waals surface area contributed by atoms with Crippen molar-refractivity contribution < 1.29 is 18.7 Å². The van der Waals surface area contributed by atoms with Crippen molar-refractivity contribution in [1.29, 1.82) is 0 Å². The van der Waals surface area contributed by atoms with Crippen LogP contribution in [0.4, 0.5) is 9.18 Å². The maximum Gasteiger partial charge on any atom is 0.317 e. The number of ether oxygens (including phenoxy) is 2. The molecule has 162 valence electrons. The van der Waals surface area contributed by atoms with Gasteiger partial charge in [0.05, 0.1) is 5.60 Å². The fourth-order valence-corrected chi connectivity index (χ4v) is 4.41. The number of amides is 2. The fraction of sp³-hybridized carbons (Fsp3) is 0.435. The summed E-state index contributed by atoms with van der Waals surface area (Å²) in [6, 6.07) is 13.2. The lowest BCUT2D eigenvalue weighted by molar-refractivity contribution is -0.0950. The van der Waals surface area contributed by atoms with Crippen molar-refractivity contribution >= 4 is 17.8 Å². The largest absolute Gasteiger partial charge is 0.381 e. The van der Waals surface area contributed by atoms with Crippen molar-refractivity contribution in [2.75, 3.05) is 34.4 Å². The number of rotatable bonds is 7. The van der Waals surface area contributed by atoms with Gasteiger partial charge in [-0.05, 0) is 34.9 Å². The van der Waals surface area contributed by atoms with Crippen molar-refractivity contribution in [3.05, 3.63) is 65.0 Å². The lowest BCUT2D eigenvalue weighted by Crippen LogP contribution is -2.35. The van der Waals surface area contributed by atoms with E-state index in [9.17, 15) is 9.18 Å². The summed E-state index contributed by atoms with van der Waals surface area (Å²) in [7, 11) is 5.11. The molecule has 0 bridgehead atoms. The third-order valence-corrected chi connectivity index (χ3v) is 6.41. The molecule has 5 nitrogen and oxygen atoms in total. The van der Waals surface area contributed by atoms with Gasteiger partial charge in [-0.15, -0.1) is 11.8 Å². The Hall–Kier alpha value is -2.09. The zero-order chi connectivity index (χ0) is 21.6. The molecule has 0 radical (unpaired) electrons. The van der Waals surface area contributed by atoms with Gasteiger partial charge >= 0.3 is 6.03 Å². The number of methoxy groups -OCH3 is 1. The van der Waals surface area contributed by atoms with Gasteiger partial charge in [-0.25, -0.2) is 9.18 Å². The van der Waals surface area contributed by atoms with E-state index in [2.05, 4.69) is 5.32 Å². The van der Waals surface area contributed by atoms with Gasteiger partial charge in [0.15, 0.2) is 0 Å². The Bertz CT molecular complexity index is 852. The van der Waals surface area contributed by atoms with E-state index in [-0.39, 0.29) is 11.8 Å². The van der Waals surface area contributed by atoms with Crippen molar-refractivity contribution in [3.63, 3.8) is 0 Å². The molecule has 0 saturated carbocycles. The van der Waals surface area contributed by atoms with Crippen LogP contribution in [0.15, 0.2) is 47.4 Å². The molecule has 0 aliphatic carbocycles. The number of carbonyl (C=O) groups excluding carboxylic acids is 1. The summed E-state index contributed by atoms with van der Waals surface area (Å²) in [6.07, 6.45) is 1.45. The highest BCUT2D eigenvalue weighted by Crippen LogP contribution is 2.38. The zero-order valence-corrected chi connectivity index (χ0v) is 18.6. The molecule has 7 heteroatoms. The first kappa shape index (κ1) is 22.6. The summed E-state index contributed by atoms with van der Waals surface area (Å²) in [5.41, 5.74) is 2.58. The third-order valence-electron chi connectivity index (χ3n) is 5.37. The molecule has 3 rings (SSSR count). The molecule has 1 aliphatic rings. The number of halogens is 1. The van der Waals surface area contributed by atoms with Crippen LogP contribution in [-0.4, -0.2) is 45.3 Å². The normalized spacial score (nSPS) is 15.6. The molecular formula is C23H29FN2O3S. The summed E-state index contributed by atoms with van der Waals surface area (Å²) in [6.45, 7) is 1.73. The van der Waals surface area contributed by atoms with Crippen LogP contribution < -0.4 is 5.32 Å². The van der Waals surface area contributed by atoms with E-state index < -0.39 is 5.60 Å². The highest BCUT2D eigenvalue weighted by Gasteiger charge is 2.35. The second kappa shape index (κ2) is 10.3. The van der Waals surface area contributed by atoms with Gasteiger partial charge < -0.3 is 19.7 Å². The van der Waals surface area contributed by atoms with Crippen LogP contribution in [0.25, 0.3) is 0 Å². The van der Waals surface area contributed by atoms with Gasteiger partial charge in [0.1, 0.15) is 5.82 Å². The predicted octanol–water partition coefficient (Wildman–Crippen LogP) is 4.54. The highest BCUT2D eigenvalue weighted by molar-refractivity contribution is 7.98. The number of hydrogen-bond donors (Lipinski definition) is 1. The van der Waals surface area contributed by atoms with E-state index in [0.717, 1.165) is 40.2 Å². The van der Waals surface area contributed by atoms with Gasteiger partial charge in [0.25, 0.3) is 0 Å². The van der Waals surface area contributed by atoms with Gasteiger partial charge in [-0.1, -0.05) is 24.3 Å². The van der Waals surface area contributed by atoms with Crippen molar-refractivity contribution in [2.24, 2.45) is 0 Å². The van der Waals surface area contributed by atoms with Crippen LogP contribution in [0.2, 0.25) is 0 Å². The van der Waals surface area contributed by atoms with Crippen LogP contribution in [0.5, 0.6) is 0 Å². The van der Waals surface area contributed by atoms with Gasteiger partial charge in [0.2, 0.25) is 0 Å². The molecule has 0 atom stereocenters. The quantitative estimate of drug-likeness (QED) is 0.653. The van der Waals surface area contributed by atoms with E-state index in [4.69, 9.17) is 9.47 Å². The minimum Gasteiger partial charge on any atom is -0.381 e. The Morgan fingerprint density at radius 2 is 1.83 bits per heavy atom. The van der Waals surface area contributed by atoms with Gasteiger partial charge in [-0.2, -0.15) is 0 Å². The topological polar surface area (TPSA) is 50.8 Å². The molecule has 0 spiro atoms. The van der Waals surface area contributed by atoms with Crippen LogP contribution >= 0.6 is 11.8 Å². The van der Waals surface area contributed by atoms with Gasteiger partial charge in [-0.3, -0.25) is 0 Å². The highest BCUT2D eigenvalue weighted by atomic mass is 32.2. The predicted molar refractivity (Wildman–Crippen MR) is 117 cm³/mol. The Labute approximate surface area is 181 Å². The van der Waals surface area contributed by atoms with E-state index in [1.165, 1.54) is 4.90 Å². The molecule has 1 N–H and O–H groups in total. The number of thioether (sulfide) groups is 1. The maximum atomic E-state index is 14.3. The SMILES string of the molecule is COC1(c2cc(F)cc(SCc3ccc(CNC(=O)N(C)C)cc3)c2)CCOCC1. The summed E-state index contributed by atoms with van der Waals surface area (Å²) in [5.74, 6) is 0.487. The molecule has 1 heterocycles. The van der Waals surface area contributed by atoms with Crippen molar-refractivity contribution in [2.45, 2.75) is 35.6 Å².